The summed E-state index contributed by atoms with van der Waals surface area (Å²) in [5.41, 5.74) is 0. The van der Waals surface area contributed by atoms with Crippen LogP contribution in [0.3, 0.4) is 0 Å². The molecule has 0 saturated carbocycles. The van der Waals surface area contributed by atoms with Crippen LogP contribution in [0.25, 0.3) is 0 Å². The van der Waals surface area contributed by atoms with Gasteiger partial charge >= 0.3 is 12.1 Å². The zero-order valence-corrected chi connectivity index (χ0v) is 16.8. The summed E-state index contributed by atoms with van der Waals surface area (Å²) in [6.07, 6.45) is 0. The third kappa shape index (κ3) is 6.84. The lowest BCUT2D eigenvalue weighted by Gasteiger charge is -2.27. The molecular formula is C14H27N3O3S3. The van der Waals surface area contributed by atoms with E-state index in [1.165, 1.54) is 4.90 Å². The Labute approximate surface area is 155 Å². The summed E-state index contributed by atoms with van der Waals surface area (Å²) >= 11 is 12.5. The number of nitrogens with zero attached hydrogens (tertiary/aromatic N) is 3. The summed E-state index contributed by atoms with van der Waals surface area (Å²) in [4.78, 5) is 40.6. The first-order chi connectivity index (χ1) is 10.8. The fourth-order valence-corrected chi connectivity index (χ4v) is 2.55. The predicted molar refractivity (Wildman–Crippen MR) is 103 cm³/mol. The predicted octanol–water partition coefficient (Wildman–Crippen LogP) is 2.27. The van der Waals surface area contributed by atoms with Crippen molar-refractivity contribution in [2.45, 2.75) is 38.2 Å². The van der Waals surface area contributed by atoms with Crippen molar-refractivity contribution in [3.8, 4) is 0 Å². The molecule has 0 N–H and O–H groups in total. The number of imide groups is 2. The molecule has 0 spiro atoms. The number of amides is 5. The Morgan fingerprint density at radius 1 is 0.957 bits per heavy atom. The molecule has 1 aliphatic heterocycles. The van der Waals surface area contributed by atoms with Crippen molar-refractivity contribution in [1.82, 2.24) is 14.7 Å². The Morgan fingerprint density at radius 2 is 1.43 bits per heavy atom. The third-order valence-electron chi connectivity index (χ3n) is 2.85. The number of thiol groups is 3. The standard InChI is InChI=1S/C12H21N3O3S3.C2H6/c1-8(20)5-14-10(16)7-13(3-4-19)11(17)15(12(14)18)6-9(2)21;1-2/h8-9,19-21H,3-7H2,1-2H3;1-2H3. The maximum atomic E-state index is 12.5. The highest BCUT2D eigenvalue weighted by molar-refractivity contribution is 7.81. The van der Waals surface area contributed by atoms with Gasteiger partial charge in [0.25, 0.3) is 0 Å². The largest absolute Gasteiger partial charge is 0.334 e. The van der Waals surface area contributed by atoms with Gasteiger partial charge in [-0.05, 0) is 0 Å². The van der Waals surface area contributed by atoms with Crippen LogP contribution in [0, 0.1) is 0 Å². The van der Waals surface area contributed by atoms with Gasteiger partial charge < -0.3 is 4.90 Å². The van der Waals surface area contributed by atoms with Gasteiger partial charge in [0.15, 0.2) is 0 Å². The van der Waals surface area contributed by atoms with Crippen LogP contribution in [-0.4, -0.2) is 75.1 Å². The van der Waals surface area contributed by atoms with Crippen LogP contribution in [0.15, 0.2) is 0 Å². The van der Waals surface area contributed by atoms with Crippen LogP contribution in [0.2, 0.25) is 0 Å². The molecule has 2 atom stereocenters. The van der Waals surface area contributed by atoms with E-state index in [-0.39, 0.29) is 30.1 Å². The van der Waals surface area contributed by atoms with E-state index >= 15 is 0 Å². The lowest BCUT2D eigenvalue weighted by molar-refractivity contribution is -0.128. The molecule has 1 rings (SSSR count). The maximum absolute atomic E-state index is 12.5. The second-order valence-electron chi connectivity index (χ2n) is 5.02. The summed E-state index contributed by atoms with van der Waals surface area (Å²) < 4.78 is 0. The van der Waals surface area contributed by atoms with Crippen molar-refractivity contribution in [2.75, 3.05) is 31.9 Å². The van der Waals surface area contributed by atoms with Gasteiger partial charge in [-0.15, -0.1) is 0 Å². The van der Waals surface area contributed by atoms with Crippen molar-refractivity contribution in [3.63, 3.8) is 0 Å². The van der Waals surface area contributed by atoms with Gasteiger partial charge in [-0.2, -0.15) is 37.9 Å². The molecule has 6 nitrogen and oxygen atoms in total. The number of hydrogen-bond acceptors (Lipinski definition) is 6. The van der Waals surface area contributed by atoms with E-state index < -0.39 is 18.0 Å². The normalized spacial score (nSPS) is 18.4. The SMILES string of the molecule is CC.CC(S)CN1C(=O)CN(CCS)C(=O)N(CC(C)S)C1=O. The molecule has 5 amide bonds. The number of hydrogen-bond donors (Lipinski definition) is 3. The molecule has 0 aromatic heterocycles. The highest BCUT2D eigenvalue weighted by atomic mass is 32.1. The maximum Gasteiger partial charge on any atom is 0.334 e. The van der Waals surface area contributed by atoms with E-state index in [4.69, 9.17) is 0 Å². The van der Waals surface area contributed by atoms with Gasteiger partial charge in [-0.1, -0.05) is 27.7 Å². The Balaban J connectivity index is 0.00000232. The summed E-state index contributed by atoms with van der Waals surface area (Å²) in [5.74, 6) is 0.0193. The highest BCUT2D eigenvalue weighted by Crippen LogP contribution is 2.15. The second kappa shape index (κ2) is 11.1. The van der Waals surface area contributed by atoms with Gasteiger partial charge in [-0.25, -0.2) is 14.5 Å². The van der Waals surface area contributed by atoms with Gasteiger partial charge in [-0.3, -0.25) is 9.69 Å². The summed E-state index contributed by atoms with van der Waals surface area (Å²) in [5, 5.41) is -0.348. The van der Waals surface area contributed by atoms with Crippen LogP contribution < -0.4 is 0 Å². The minimum Gasteiger partial charge on any atom is -0.314 e. The molecule has 0 radical (unpaired) electrons. The number of rotatable bonds is 6. The van der Waals surface area contributed by atoms with Crippen molar-refractivity contribution in [2.24, 2.45) is 0 Å². The van der Waals surface area contributed by atoms with Gasteiger partial charge in [0.2, 0.25) is 5.91 Å². The zero-order chi connectivity index (χ0) is 18.2. The molecule has 0 aliphatic carbocycles. The van der Waals surface area contributed by atoms with E-state index in [1.54, 1.807) is 13.8 Å². The van der Waals surface area contributed by atoms with Crippen molar-refractivity contribution in [1.29, 1.82) is 0 Å². The zero-order valence-electron chi connectivity index (χ0n) is 14.1. The van der Waals surface area contributed by atoms with Crippen LogP contribution in [-0.2, 0) is 4.79 Å². The average molecular weight is 382 g/mol. The fourth-order valence-electron chi connectivity index (χ4n) is 1.98. The van der Waals surface area contributed by atoms with E-state index in [9.17, 15) is 14.4 Å². The van der Waals surface area contributed by atoms with Gasteiger partial charge in [0.05, 0.1) is 0 Å². The minimum absolute atomic E-state index is 0.122. The summed E-state index contributed by atoms with van der Waals surface area (Å²) in [6, 6.07) is -1.08. The monoisotopic (exact) mass is 381 g/mol. The quantitative estimate of drug-likeness (QED) is 0.619. The molecule has 1 fully saturated rings. The molecule has 0 aromatic rings. The molecule has 23 heavy (non-hydrogen) atoms. The van der Waals surface area contributed by atoms with E-state index in [0.717, 1.165) is 9.80 Å². The fraction of sp³-hybridized carbons (Fsp3) is 0.786. The smallest absolute Gasteiger partial charge is 0.314 e. The van der Waals surface area contributed by atoms with Crippen molar-refractivity contribution in [3.05, 3.63) is 0 Å². The molecule has 9 heteroatoms. The van der Waals surface area contributed by atoms with Gasteiger partial charge in [0, 0.05) is 35.9 Å². The highest BCUT2D eigenvalue weighted by Gasteiger charge is 2.38. The lowest BCUT2D eigenvalue weighted by atomic mass is 10.4. The molecule has 2 unspecified atom stereocenters. The lowest BCUT2D eigenvalue weighted by Crippen LogP contribution is -2.50. The molecule has 1 heterocycles. The van der Waals surface area contributed by atoms with Crippen LogP contribution in [0.1, 0.15) is 27.7 Å². The second-order valence-corrected chi connectivity index (χ2v) is 7.23. The summed E-state index contributed by atoms with van der Waals surface area (Å²) in [6.45, 7) is 8.07. The third-order valence-corrected chi connectivity index (χ3v) is 3.38. The first kappa shape index (κ1) is 22.5. The van der Waals surface area contributed by atoms with Crippen LogP contribution in [0.5, 0.6) is 0 Å². The molecule has 1 aliphatic rings. The summed E-state index contributed by atoms with van der Waals surface area (Å²) in [7, 11) is 0. The molecule has 0 bridgehead atoms. The number of carbonyl (C=O) groups excluding carboxylic acids is 3. The van der Waals surface area contributed by atoms with Crippen molar-refractivity contribution < 1.29 is 14.4 Å². The van der Waals surface area contributed by atoms with Crippen LogP contribution in [0.4, 0.5) is 9.59 Å². The number of carbonyl (C=O) groups is 3. The van der Waals surface area contributed by atoms with Crippen LogP contribution >= 0.6 is 37.9 Å². The van der Waals surface area contributed by atoms with E-state index in [1.807, 2.05) is 13.8 Å². The molecule has 134 valence electrons. The number of urea groups is 2. The van der Waals surface area contributed by atoms with E-state index in [0.29, 0.717) is 12.3 Å². The first-order valence-corrected chi connectivity index (χ1v) is 9.32. The van der Waals surface area contributed by atoms with Gasteiger partial charge in [0.1, 0.15) is 6.54 Å². The van der Waals surface area contributed by atoms with E-state index in [2.05, 4.69) is 37.9 Å². The van der Waals surface area contributed by atoms with Crippen molar-refractivity contribution >= 4 is 55.9 Å². The Hall–Kier alpha value is -0.540. The topological polar surface area (TPSA) is 60.9 Å². The minimum atomic E-state index is -0.603. The first-order valence-electron chi connectivity index (χ1n) is 7.65. The average Bonchev–Trinajstić information content (AvgIpc) is 2.56. The molecular weight excluding hydrogens is 354 g/mol. The Morgan fingerprint density at radius 3 is 1.87 bits per heavy atom. The Bertz CT molecular complexity index is 419. The molecule has 1 saturated heterocycles. The molecule has 0 aromatic carbocycles. The Kier molecular flexibility index (Phi) is 10.8.